The summed E-state index contributed by atoms with van der Waals surface area (Å²) in [5, 5.41) is 15.7. The van der Waals surface area contributed by atoms with E-state index < -0.39 is 0 Å². The van der Waals surface area contributed by atoms with E-state index in [9.17, 15) is 4.79 Å². The van der Waals surface area contributed by atoms with Crippen molar-refractivity contribution in [2.24, 2.45) is 7.05 Å². The molecule has 2 atom stereocenters. The number of urea groups is 1. The first-order valence-corrected chi connectivity index (χ1v) is 15.2. The molecule has 2 N–H and O–H groups in total. The van der Waals surface area contributed by atoms with Crippen LogP contribution < -0.4 is 10.6 Å². The number of carbonyl (C=O) groups is 1. The Bertz CT molecular complexity index is 1760. The normalized spacial score (nSPS) is 16.8. The van der Waals surface area contributed by atoms with Crippen molar-refractivity contribution in [1.82, 2.24) is 29.8 Å². The Morgan fingerprint density at radius 1 is 0.978 bits per heavy atom. The minimum absolute atomic E-state index is 0.0959. The van der Waals surface area contributed by atoms with E-state index >= 15 is 0 Å². The molecule has 0 bridgehead atoms. The van der Waals surface area contributed by atoms with E-state index in [0.717, 1.165) is 53.3 Å². The Balaban J connectivity index is 1.25. The standard InChI is InChI=1S/C36H39N7O2/c1-26-34(30-22-37-41(2)23-30)40-43(31-15-8-5-9-16-31)35(26)39-36(44)38-33-25-42(19-20-45-3)24-32(33)29-14-10-13-28(21-29)18-17-27-11-6-4-7-12-27/h4-18,21-23,32-33H,19-20,24-25H2,1-3H3,(H2,38,39,44)/b18-17+/t32-,33+/m0/s1. The number of methoxy groups -OCH3 is 1. The van der Waals surface area contributed by atoms with Crippen LogP contribution in [0.5, 0.6) is 0 Å². The molecule has 5 aromatic rings. The number of anilines is 1. The van der Waals surface area contributed by atoms with Crippen LogP contribution in [0.25, 0.3) is 29.1 Å². The Morgan fingerprint density at radius 3 is 2.44 bits per heavy atom. The van der Waals surface area contributed by atoms with Crippen molar-refractivity contribution in [3.05, 3.63) is 120 Å². The number of hydrogen-bond acceptors (Lipinski definition) is 5. The van der Waals surface area contributed by atoms with Crippen molar-refractivity contribution in [2.45, 2.75) is 18.9 Å². The van der Waals surface area contributed by atoms with Gasteiger partial charge in [0.25, 0.3) is 0 Å². The van der Waals surface area contributed by atoms with Crippen molar-refractivity contribution in [1.29, 1.82) is 0 Å². The molecular weight excluding hydrogens is 562 g/mol. The molecule has 0 unspecified atom stereocenters. The van der Waals surface area contributed by atoms with Crippen LogP contribution >= 0.6 is 0 Å². The molecule has 1 fully saturated rings. The minimum atomic E-state index is -0.267. The number of carbonyl (C=O) groups excluding carboxylic acids is 1. The van der Waals surface area contributed by atoms with Gasteiger partial charge in [-0.15, -0.1) is 0 Å². The lowest BCUT2D eigenvalue weighted by Gasteiger charge is -2.21. The molecule has 2 amide bonds. The van der Waals surface area contributed by atoms with Gasteiger partial charge in [-0.05, 0) is 35.7 Å². The number of nitrogens with zero attached hydrogens (tertiary/aromatic N) is 5. The lowest BCUT2D eigenvalue weighted by atomic mass is 9.93. The molecule has 9 heteroatoms. The van der Waals surface area contributed by atoms with Crippen molar-refractivity contribution in [3.8, 4) is 16.9 Å². The minimum Gasteiger partial charge on any atom is -0.383 e. The van der Waals surface area contributed by atoms with Gasteiger partial charge in [0.15, 0.2) is 0 Å². The van der Waals surface area contributed by atoms with Crippen molar-refractivity contribution in [3.63, 3.8) is 0 Å². The number of aryl methyl sites for hydroxylation is 1. The Morgan fingerprint density at radius 2 is 1.71 bits per heavy atom. The summed E-state index contributed by atoms with van der Waals surface area (Å²) in [6, 6.07) is 28.3. The van der Waals surface area contributed by atoms with Gasteiger partial charge in [-0.25, -0.2) is 9.48 Å². The summed E-state index contributed by atoms with van der Waals surface area (Å²) in [7, 11) is 3.60. The molecule has 0 aliphatic carbocycles. The maximum absolute atomic E-state index is 13.7. The van der Waals surface area contributed by atoms with Gasteiger partial charge in [0, 0.05) is 57.0 Å². The van der Waals surface area contributed by atoms with Crippen LogP contribution in [0.15, 0.2) is 97.3 Å². The van der Waals surface area contributed by atoms with E-state index in [1.54, 1.807) is 22.7 Å². The van der Waals surface area contributed by atoms with Gasteiger partial charge >= 0.3 is 6.03 Å². The van der Waals surface area contributed by atoms with Gasteiger partial charge in [-0.2, -0.15) is 10.2 Å². The van der Waals surface area contributed by atoms with E-state index in [1.807, 2.05) is 68.7 Å². The van der Waals surface area contributed by atoms with Crippen LogP contribution in [-0.4, -0.2) is 69.9 Å². The predicted octanol–water partition coefficient (Wildman–Crippen LogP) is 5.99. The fourth-order valence-electron chi connectivity index (χ4n) is 5.95. The van der Waals surface area contributed by atoms with Gasteiger partial charge < -0.3 is 10.1 Å². The second kappa shape index (κ2) is 13.8. The summed E-state index contributed by atoms with van der Waals surface area (Å²) < 4.78 is 8.91. The lowest BCUT2D eigenvalue weighted by molar-refractivity contribution is 0.159. The summed E-state index contributed by atoms with van der Waals surface area (Å²) in [4.78, 5) is 16.1. The van der Waals surface area contributed by atoms with Gasteiger partial charge in [0.05, 0.1) is 24.5 Å². The highest BCUT2D eigenvalue weighted by molar-refractivity contribution is 5.91. The number of rotatable bonds is 10. The average molecular weight is 602 g/mol. The monoisotopic (exact) mass is 601 g/mol. The molecule has 1 saturated heterocycles. The molecule has 9 nitrogen and oxygen atoms in total. The van der Waals surface area contributed by atoms with Crippen molar-refractivity contribution < 1.29 is 9.53 Å². The molecule has 230 valence electrons. The number of nitrogens with one attached hydrogen (secondary N) is 2. The zero-order valence-electron chi connectivity index (χ0n) is 25.9. The molecule has 1 aliphatic heterocycles. The average Bonchev–Trinajstić information content (AvgIpc) is 3.77. The van der Waals surface area contributed by atoms with E-state index in [4.69, 9.17) is 9.84 Å². The van der Waals surface area contributed by atoms with Crippen molar-refractivity contribution >= 4 is 24.0 Å². The molecule has 3 aromatic carbocycles. The molecule has 2 aromatic heterocycles. The topological polar surface area (TPSA) is 89.2 Å². The Labute approximate surface area is 264 Å². The number of ether oxygens (including phenoxy) is 1. The summed E-state index contributed by atoms with van der Waals surface area (Å²) in [5.41, 5.74) is 6.86. The van der Waals surface area contributed by atoms with E-state index in [-0.39, 0.29) is 18.0 Å². The number of aromatic nitrogens is 4. The maximum Gasteiger partial charge on any atom is 0.320 e. The molecule has 0 spiro atoms. The molecule has 45 heavy (non-hydrogen) atoms. The fraction of sp³-hybridized carbons (Fsp3) is 0.250. The van der Waals surface area contributed by atoms with Crippen LogP contribution in [0.3, 0.4) is 0 Å². The van der Waals surface area contributed by atoms with Crippen LogP contribution in [-0.2, 0) is 11.8 Å². The number of para-hydroxylation sites is 1. The smallest absolute Gasteiger partial charge is 0.320 e. The molecule has 1 aliphatic rings. The summed E-state index contributed by atoms with van der Waals surface area (Å²) in [6.45, 7) is 4.96. The largest absolute Gasteiger partial charge is 0.383 e. The molecule has 0 radical (unpaired) electrons. The SMILES string of the molecule is COCCN1C[C@@H](NC(=O)Nc2c(C)c(-c3cnn(C)c3)nn2-c2ccccc2)[C@H](c2cccc(/C=C/c3ccccc3)c2)C1. The summed E-state index contributed by atoms with van der Waals surface area (Å²) >= 11 is 0. The Kier molecular flexibility index (Phi) is 9.19. The maximum atomic E-state index is 13.7. The number of hydrogen-bond donors (Lipinski definition) is 2. The summed E-state index contributed by atoms with van der Waals surface area (Å²) in [6.07, 6.45) is 7.98. The molecule has 0 saturated carbocycles. The third-order valence-corrected chi connectivity index (χ3v) is 8.26. The zero-order chi connectivity index (χ0) is 31.2. The lowest BCUT2D eigenvalue weighted by Crippen LogP contribution is -2.42. The molecular formula is C36H39N7O2. The Hall–Kier alpha value is -4.99. The van der Waals surface area contributed by atoms with Crippen LogP contribution in [0.1, 0.15) is 28.2 Å². The highest BCUT2D eigenvalue weighted by Gasteiger charge is 2.35. The van der Waals surface area contributed by atoms with Gasteiger partial charge in [-0.3, -0.25) is 14.9 Å². The second-order valence-electron chi connectivity index (χ2n) is 11.5. The fourth-order valence-corrected chi connectivity index (χ4v) is 5.95. The predicted molar refractivity (Wildman–Crippen MR) is 179 cm³/mol. The van der Waals surface area contributed by atoms with Crippen LogP contribution in [0.4, 0.5) is 10.6 Å². The zero-order valence-corrected chi connectivity index (χ0v) is 25.9. The first-order valence-electron chi connectivity index (χ1n) is 15.2. The van der Waals surface area contributed by atoms with E-state index in [1.165, 1.54) is 5.56 Å². The van der Waals surface area contributed by atoms with Crippen molar-refractivity contribution in [2.75, 3.05) is 38.7 Å². The van der Waals surface area contributed by atoms with Gasteiger partial charge in [0.2, 0.25) is 0 Å². The van der Waals surface area contributed by atoms with Gasteiger partial charge in [-0.1, -0.05) is 84.9 Å². The van der Waals surface area contributed by atoms with E-state index in [0.29, 0.717) is 12.4 Å². The van der Waals surface area contributed by atoms with Gasteiger partial charge in [0.1, 0.15) is 11.5 Å². The van der Waals surface area contributed by atoms with Crippen LogP contribution in [0, 0.1) is 6.92 Å². The second-order valence-corrected chi connectivity index (χ2v) is 11.5. The molecule has 6 rings (SSSR count). The first kappa shape index (κ1) is 30.1. The number of benzene rings is 3. The third-order valence-electron chi connectivity index (χ3n) is 8.26. The third kappa shape index (κ3) is 7.06. The van der Waals surface area contributed by atoms with Crippen LogP contribution in [0.2, 0.25) is 0 Å². The number of likely N-dealkylation sites (tertiary alicyclic amines) is 1. The quantitative estimate of drug-likeness (QED) is 0.192. The molecule has 3 heterocycles. The highest BCUT2D eigenvalue weighted by atomic mass is 16.5. The summed E-state index contributed by atoms with van der Waals surface area (Å²) in [5.74, 6) is 0.736. The highest BCUT2D eigenvalue weighted by Crippen LogP contribution is 2.32. The van der Waals surface area contributed by atoms with E-state index in [2.05, 4.69) is 69.2 Å². The number of amides is 2. The first-order chi connectivity index (χ1) is 22.0.